The smallest absolute Gasteiger partial charge is 0.0737 e. The lowest BCUT2D eigenvalue weighted by Gasteiger charge is -2.11. The van der Waals surface area contributed by atoms with E-state index in [1.807, 2.05) is 30.5 Å². The lowest BCUT2D eigenvalue weighted by molar-refractivity contribution is 0.561. The van der Waals surface area contributed by atoms with Gasteiger partial charge in [0.05, 0.1) is 5.52 Å². The zero-order chi connectivity index (χ0) is 13.7. The minimum Gasteiger partial charge on any atom is -0.383 e. The van der Waals surface area contributed by atoms with E-state index < -0.39 is 0 Å². The van der Waals surface area contributed by atoms with E-state index in [-0.39, 0.29) is 0 Å². The summed E-state index contributed by atoms with van der Waals surface area (Å²) in [5, 5.41) is 8.67. The molecule has 0 radical (unpaired) electrons. The summed E-state index contributed by atoms with van der Waals surface area (Å²) in [7, 11) is 0. The van der Waals surface area contributed by atoms with Crippen LogP contribution in [0.4, 0.5) is 5.69 Å². The van der Waals surface area contributed by atoms with E-state index in [2.05, 4.69) is 29.5 Å². The first-order chi connectivity index (χ1) is 9.16. The van der Waals surface area contributed by atoms with Crippen LogP contribution in [0.25, 0.3) is 10.9 Å². The van der Waals surface area contributed by atoms with Crippen molar-refractivity contribution in [3.63, 3.8) is 0 Å². The number of pyridine rings is 1. The van der Waals surface area contributed by atoms with Crippen LogP contribution in [0, 0.1) is 5.92 Å². The number of aromatic nitrogens is 1. The highest BCUT2D eigenvalue weighted by molar-refractivity contribution is 6.31. The minimum atomic E-state index is 0.684. The molecule has 102 valence electrons. The van der Waals surface area contributed by atoms with Crippen LogP contribution in [0.5, 0.6) is 0 Å². The first-order valence-corrected chi connectivity index (χ1v) is 7.03. The number of nitrogens with one attached hydrogen (secondary N) is 2. The number of nitrogens with zero attached hydrogens (tertiary/aromatic N) is 1. The van der Waals surface area contributed by atoms with Crippen LogP contribution >= 0.6 is 11.6 Å². The number of benzene rings is 1. The molecule has 0 atom stereocenters. The molecule has 0 unspecified atom stereocenters. The van der Waals surface area contributed by atoms with Gasteiger partial charge in [-0.15, -0.1) is 0 Å². The summed E-state index contributed by atoms with van der Waals surface area (Å²) in [6.07, 6.45) is 1.81. The summed E-state index contributed by atoms with van der Waals surface area (Å²) in [5.74, 6) is 0.684. The maximum absolute atomic E-state index is 5.98. The fraction of sp³-hybridized carbons (Fsp3) is 0.400. The van der Waals surface area contributed by atoms with Gasteiger partial charge in [0.15, 0.2) is 0 Å². The average molecular weight is 278 g/mol. The molecule has 0 saturated carbocycles. The standard InChI is InChI=1S/C15H20ClN3/c1-11(2)10-17-7-8-19-14-5-6-18-15-9-12(16)3-4-13(14)15/h3-6,9,11,17H,7-8,10H2,1-2H3,(H,18,19). The fourth-order valence-corrected chi connectivity index (χ4v) is 2.12. The monoisotopic (exact) mass is 277 g/mol. The zero-order valence-corrected chi connectivity index (χ0v) is 12.2. The Labute approximate surface area is 119 Å². The highest BCUT2D eigenvalue weighted by Gasteiger charge is 2.02. The number of halogens is 1. The van der Waals surface area contributed by atoms with Gasteiger partial charge in [0, 0.05) is 35.4 Å². The van der Waals surface area contributed by atoms with E-state index in [0.29, 0.717) is 5.92 Å². The Morgan fingerprint density at radius 3 is 2.84 bits per heavy atom. The van der Waals surface area contributed by atoms with Crippen LogP contribution in [0.1, 0.15) is 13.8 Å². The third-order valence-electron chi connectivity index (χ3n) is 2.87. The van der Waals surface area contributed by atoms with E-state index in [1.54, 1.807) is 0 Å². The van der Waals surface area contributed by atoms with Crippen molar-refractivity contribution in [2.24, 2.45) is 5.92 Å². The first-order valence-electron chi connectivity index (χ1n) is 6.65. The van der Waals surface area contributed by atoms with Gasteiger partial charge >= 0.3 is 0 Å². The van der Waals surface area contributed by atoms with Gasteiger partial charge < -0.3 is 10.6 Å². The zero-order valence-electron chi connectivity index (χ0n) is 11.4. The summed E-state index contributed by atoms with van der Waals surface area (Å²) in [4.78, 5) is 4.33. The quantitative estimate of drug-likeness (QED) is 0.793. The normalized spacial score (nSPS) is 11.2. The van der Waals surface area contributed by atoms with E-state index in [4.69, 9.17) is 11.6 Å². The topological polar surface area (TPSA) is 37.0 Å². The van der Waals surface area contributed by atoms with E-state index in [0.717, 1.165) is 41.2 Å². The molecule has 2 aromatic rings. The van der Waals surface area contributed by atoms with Gasteiger partial charge in [0.1, 0.15) is 0 Å². The van der Waals surface area contributed by atoms with Crippen molar-refractivity contribution in [2.45, 2.75) is 13.8 Å². The molecule has 0 spiro atoms. The highest BCUT2D eigenvalue weighted by atomic mass is 35.5. The second-order valence-electron chi connectivity index (χ2n) is 5.04. The Morgan fingerprint density at radius 2 is 2.05 bits per heavy atom. The molecule has 0 aliphatic rings. The van der Waals surface area contributed by atoms with Crippen molar-refractivity contribution >= 4 is 28.2 Å². The second kappa shape index (κ2) is 6.73. The van der Waals surface area contributed by atoms with Gasteiger partial charge in [-0.3, -0.25) is 4.98 Å². The Morgan fingerprint density at radius 1 is 1.21 bits per heavy atom. The average Bonchev–Trinajstić information content (AvgIpc) is 2.37. The van der Waals surface area contributed by atoms with Gasteiger partial charge in [-0.2, -0.15) is 0 Å². The lowest BCUT2D eigenvalue weighted by Crippen LogP contribution is -2.25. The molecule has 2 rings (SSSR count). The van der Waals surface area contributed by atoms with Gasteiger partial charge in [0.25, 0.3) is 0 Å². The van der Waals surface area contributed by atoms with Gasteiger partial charge in [-0.25, -0.2) is 0 Å². The van der Waals surface area contributed by atoms with Crippen LogP contribution in [0.3, 0.4) is 0 Å². The molecule has 3 nitrogen and oxygen atoms in total. The predicted octanol–water partition coefficient (Wildman–Crippen LogP) is 3.55. The van der Waals surface area contributed by atoms with Crippen LogP contribution < -0.4 is 10.6 Å². The van der Waals surface area contributed by atoms with Crippen LogP contribution in [0.15, 0.2) is 30.5 Å². The second-order valence-corrected chi connectivity index (χ2v) is 5.48. The molecule has 1 aromatic carbocycles. The third-order valence-corrected chi connectivity index (χ3v) is 3.11. The molecular weight excluding hydrogens is 258 g/mol. The summed E-state index contributed by atoms with van der Waals surface area (Å²) in [5.41, 5.74) is 2.03. The number of hydrogen-bond donors (Lipinski definition) is 2. The predicted molar refractivity (Wildman–Crippen MR) is 83.0 cm³/mol. The molecule has 0 aliphatic heterocycles. The molecule has 0 aliphatic carbocycles. The van der Waals surface area contributed by atoms with Gasteiger partial charge in [-0.1, -0.05) is 25.4 Å². The Hall–Kier alpha value is -1.32. The van der Waals surface area contributed by atoms with E-state index >= 15 is 0 Å². The molecule has 4 heteroatoms. The maximum Gasteiger partial charge on any atom is 0.0737 e. The molecule has 19 heavy (non-hydrogen) atoms. The molecule has 1 heterocycles. The van der Waals surface area contributed by atoms with Crippen molar-refractivity contribution in [1.29, 1.82) is 0 Å². The van der Waals surface area contributed by atoms with Crippen molar-refractivity contribution in [3.8, 4) is 0 Å². The Balaban J connectivity index is 1.97. The van der Waals surface area contributed by atoms with E-state index in [9.17, 15) is 0 Å². The van der Waals surface area contributed by atoms with Crippen molar-refractivity contribution in [1.82, 2.24) is 10.3 Å². The first kappa shape index (κ1) is 14.1. The molecular formula is C15H20ClN3. The van der Waals surface area contributed by atoms with Crippen LogP contribution in [-0.4, -0.2) is 24.6 Å². The molecule has 0 saturated heterocycles. The van der Waals surface area contributed by atoms with Crippen LogP contribution in [0.2, 0.25) is 5.02 Å². The van der Waals surface area contributed by atoms with Crippen LogP contribution in [-0.2, 0) is 0 Å². The highest BCUT2D eigenvalue weighted by Crippen LogP contribution is 2.23. The minimum absolute atomic E-state index is 0.684. The Bertz CT molecular complexity index is 540. The molecule has 0 amide bonds. The van der Waals surface area contributed by atoms with Crippen molar-refractivity contribution < 1.29 is 0 Å². The summed E-state index contributed by atoms with van der Waals surface area (Å²) < 4.78 is 0. The maximum atomic E-state index is 5.98. The number of anilines is 1. The SMILES string of the molecule is CC(C)CNCCNc1ccnc2cc(Cl)ccc12. The van der Waals surface area contributed by atoms with E-state index in [1.165, 1.54) is 0 Å². The lowest BCUT2D eigenvalue weighted by atomic mass is 10.2. The van der Waals surface area contributed by atoms with Gasteiger partial charge in [-0.05, 0) is 36.7 Å². The molecule has 2 N–H and O–H groups in total. The number of hydrogen-bond acceptors (Lipinski definition) is 3. The van der Waals surface area contributed by atoms with Gasteiger partial charge in [0.2, 0.25) is 0 Å². The summed E-state index contributed by atoms with van der Waals surface area (Å²) in [6, 6.07) is 7.79. The Kier molecular flexibility index (Phi) is 5.00. The largest absolute Gasteiger partial charge is 0.383 e. The fourth-order valence-electron chi connectivity index (χ4n) is 1.95. The molecule has 0 fully saturated rings. The molecule has 1 aromatic heterocycles. The number of rotatable bonds is 6. The summed E-state index contributed by atoms with van der Waals surface area (Å²) in [6.45, 7) is 7.32. The van der Waals surface area contributed by atoms with Crippen molar-refractivity contribution in [3.05, 3.63) is 35.5 Å². The summed E-state index contributed by atoms with van der Waals surface area (Å²) >= 11 is 5.98. The molecule has 0 bridgehead atoms. The third kappa shape index (κ3) is 4.08. The van der Waals surface area contributed by atoms with Crippen molar-refractivity contribution in [2.75, 3.05) is 25.0 Å². The number of fused-ring (bicyclic) bond motifs is 1.